The lowest BCUT2D eigenvalue weighted by Crippen LogP contribution is -2.01. The molecule has 2 heterocycles. The minimum absolute atomic E-state index is 0.0519. The van der Waals surface area contributed by atoms with Crippen LogP contribution in [0.4, 0.5) is 0 Å². The molecule has 33 heavy (non-hydrogen) atoms. The summed E-state index contributed by atoms with van der Waals surface area (Å²) < 4.78 is 5.68. The number of Topliss-reactive ketones (excluding diaryl/α,β-unsaturated/α-hetero) is 1. The number of aromatic hydroxyl groups is 2. The molecule has 2 aromatic heterocycles. The second-order valence-electron chi connectivity index (χ2n) is 7.47. The van der Waals surface area contributed by atoms with Gasteiger partial charge in [0, 0.05) is 16.7 Å². The van der Waals surface area contributed by atoms with Gasteiger partial charge in [-0.25, -0.2) is 4.98 Å². The van der Waals surface area contributed by atoms with Gasteiger partial charge in [0.05, 0.1) is 16.8 Å². The van der Waals surface area contributed by atoms with Crippen LogP contribution in [0, 0.1) is 6.92 Å². The molecule has 0 bridgehead atoms. The Morgan fingerprint density at radius 1 is 0.970 bits per heavy atom. The molecule has 3 N–H and O–H groups in total. The van der Waals surface area contributed by atoms with Gasteiger partial charge in [-0.2, -0.15) is 0 Å². The van der Waals surface area contributed by atoms with E-state index in [4.69, 9.17) is 4.42 Å². The minimum atomic E-state index is -0.341. The van der Waals surface area contributed by atoms with Gasteiger partial charge in [-0.3, -0.25) is 4.79 Å². The van der Waals surface area contributed by atoms with Gasteiger partial charge in [0.1, 0.15) is 5.82 Å². The van der Waals surface area contributed by atoms with Gasteiger partial charge in [-0.05, 0) is 55.0 Å². The van der Waals surface area contributed by atoms with E-state index in [2.05, 4.69) is 26.2 Å². The third kappa shape index (κ3) is 4.31. The van der Waals surface area contributed by atoms with Crippen LogP contribution in [-0.2, 0) is 0 Å². The van der Waals surface area contributed by atoms with Crippen molar-refractivity contribution in [1.82, 2.24) is 20.2 Å². The summed E-state index contributed by atoms with van der Waals surface area (Å²) in [6.45, 7) is 2.04. The maximum Gasteiger partial charge on any atom is 0.277 e. The second-order valence-corrected chi connectivity index (χ2v) is 8.40. The number of hydrogen-bond acceptors (Lipinski definition) is 8. The monoisotopic (exact) mass is 458 g/mol. The molecule has 5 rings (SSSR count). The number of rotatable bonds is 6. The molecule has 0 fully saturated rings. The molecule has 0 aliphatic carbocycles. The number of nitrogens with one attached hydrogen (secondary N) is 1. The molecule has 8 nitrogen and oxygen atoms in total. The minimum Gasteiger partial charge on any atom is -0.504 e. The highest BCUT2D eigenvalue weighted by molar-refractivity contribution is 7.99. The highest BCUT2D eigenvalue weighted by Gasteiger charge is 2.14. The number of aromatic nitrogens is 4. The smallest absolute Gasteiger partial charge is 0.277 e. The van der Waals surface area contributed by atoms with Crippen molar-refractivity contribution in [3.63, 3.8) is 0 Å². The van der Waals surface area contributed by atoms with Crippen molar-refractivity contribution < 1.29 is 19.4 Å². The zero-order chi connectivity index (χ0) is 22.9. The van der Waals surface area contributed by atoms with Crippen LogP contribution in [0.15, 0.2) is 70.3 Å². The van der Waals surface area contributed by atoms with E-state index in [1.165, 1.54) is 23.8 Å². The predicted octanol–water partition coefficient (Wildman–Crippen LogP) is 4.97. The van der Waals surface area contributed by atoms with Crippen LogP contribution < -0.4 is 0 Å². The first-order valence-electron chi connectivity index (χ1n) is 10.0. The molecule has 164 valence electrons. The van der Waals surface area contributed by atoms with Crippen molar-refractivity contribution in [2.45, 2.75) is 12.1 Å². The van der Waals surface area contributed by atoms with Crippen molar-refractivity contribution in [3.05, 3.63) is 71.8 Å². The Kier molecular flexibility index (Phi) is 5.31. The fourth-order valence-corrected chi connectivity index (χ4v) is 3.98. The standard InChI is InChI=1S/C24H18N4O4S/c1-13-2-8-17-18(10-13)26-22(25-17)14-3-5-15(6-4-14)23-27-28-24(32-23)33-12-21(31)16-7-9-19(29)20(30)11-16/h2-11,29-30H,12H2,1H3,(H,25,26). The van der Waals surface area contributed by atoms with Crippen LogP contribution in [0.5, 0.6) is 11.5 Å². The third-order valence-electron chi connectivity index (χ3n) is 5.07. The lowest BCUT2D eigenvalue weighted by Gasteiger charge is -2.01. The predicted molar refractivity (Wildman–Crippen MR) is 124 cm³/mol. The molecule has 9 heteroatoms. The number of phenols is 2. The van der Waals surface area contributed by atoms with E-state index < -0.39 is 0 Å². The van der Waals surface area contributed by atoms with Crippen LogP contribution >= 0.6 is 11.8 Å². The van der Waals surface area contributed by atoms with E-state index in [0.717, 1.165) is 39.7 Å². The maximum atomic E-state index is 12.3. The number of phenolic OH excluding ortho intramolecular Hbond substituents is 2. The molecular formula is C24H18N4O4S. The van der Waals surface area contributed by atoms with Crippen molar-refractivity contribution in [1.29, 1.82) is 0 Å². The van der Waals surface area contributed by atoms with E-state index in [-0.39, 0.29) is 33.8 Å². The highest BCUT2D eigenvalue weighted by atomic mass is 32.2. The van der Waals surface area contributed by atoms with Gasteiger partial charge in [-0.15, -0.1) is 10.2 Å². The quantitative estimate of drug-likeness (QED) is 0.185. The lowest BCUT2D eigenvalue weighted by molar-refractivity contribution is 0.102. The first-order chi connectivity index (χ1) is 16.0. The van der Waals surface area contributed by atoms with E-state index in [0.29, 0.717) is 5.89 Å². The number of H-pyrrole nitrogens is 1. The molecule has 0 radical (unpaired) electrons. The van der Waals surface area contributed by atoms with Crippen LogP contribution in [0.1, 0.15) is 15.9 Å². The molecule has 0 aliphatic rings. The Labute approximate surface area is 192 Å². The Morgan fingerprint density at radius 3 is 2.55 bits per heavy atom. The summed E-state index contributed by atoms with van der Waals surface area (Å²) in [4.78, 5) is 20.3. The van der Waals surface area contributed by atoms with Crippen molar-refractivity contribution in [2.24, 2.45) is 0 Å². The molecule has 0 saturated carbocycles. The van der Waals surface area contributed by atoms with Gasteiger partial charge in [0.25, 0.3) is 5.22 Å². The molecule has 0 spiro atoms. The molecule has 0 aliphatic heterocycles. The summed E-state index contributed by atoms with van der Waals surface area (Å²) in [5.41, 5.74) is 5.04. The summed E-state index contributed by atoms with van der Waals surface area (Å²) in [5, 5.41) is 27.2. The van der Waals surface area contributed by atoms with E-state index in [1.807, 2.05) is 43.3 Å². The Bertz CT molecular complexity index is 1470. The van der Waals surface area contributed by atoms with Crippen LogP contribution in [-0.4, -0.2) is 41.9 Å². The molecule has 3 aromatic carbocycles. The first kappa shape index (κ1) is 20.8. The summed E-state index contributed by atoms with van der Waals surface area (Å²) >= 11 is 1.10. The fraction of sp³-hybridized carbons (Fsp3) is 0.0833. The van der Waals surface area contributed by atoms with Crippen molar-refractivity contribution >= 4 is 28.6 Å². The maximum absolute atomic E-state index is 12.3. The number of imidazole rings is 1. The van der Waals surface area contributed by atoms with Gasteiger partial charge >= 0.3 is 0 Å². The normalized spacial score (nSPS) is 11.2. The molecule has 0 saturated heterocycles. The van der Waals surface area contributed by atoms with Gasteiger partial charge in [0.15, 0.2) is 17.3 Å². The van der Waals surface area contributed by atoms with Crippen molar-refractivity contribution in [2.75, 3.05) is 5.75 Å². The zero-order valence-electron chi connectivity index (χ0n) is 17.4. The number of benzene rings is 3. The van der Waals surface area contributed by atoms with Crippen LogP contribution in [0.2, 0.25) is 0 Å². The van der Waals surface area contributed by atoms with Crippen LogP contribution in [0.25, 0.3) is 33.9 Å². The summed E-state index contributed by atoms with van der Waals surface area (Å²) in [7, 11) is 0. The number of hydrogen-bond donors (Lipinski definition) is 3. The fourth-order valence-electron chi connectivity index (χ4n) is 3.32. The molecular weight excluding hydrogens is 440 g/mol. The average Bonchev–Trinajstić information content (AvgIpc) is 3.46. The number of thioether (sulfide) groups is 1. The Morgan fingerprint density at radius 2 is 1.76 bits per heavy atom. The summed E-state index contributed by atoms with van der Waals surface area (Å²) in [5.74, 6) is 0.326. The van der Waals surface area contributed by atoms with E-state index in [1.54, 1.807) is 0 Å². The number of aromatic amines is 1. The van der Waals surface area contributed by atoms with E-state index in [9.17, 15) is 15.0 Å². The number of ketones is 1. The molecule has 5 aromatic rings. The number of fused-ring (bicyclic) bond motifs is 1. The highest BCUT2D eigenvalue weighted by Crippen LogP contribution is 2.28. The topological polar surface area (TPSA) is 125 Å². The molecule has 0 atom stereocenters. The largest absolute Gasteiger partial charge is 0.504 e. The average molecular weight is 458 g/mol. The number of nitrogens with zero attached hydrogens (tertiary/aromatic N) is 3. The van der Waals surface area contributed by atoms with E-state index >= 15 is 0 Å². The first-order valence-corrected chi connectivity index (χ1v) is 11.0. The van der Waals surface area contributed by atoms with Gasteiger partial charge < -0.3 is 19.6 Å². The summed E-state index contributed by atoms with van der Waals surface area (Å²) in [6.07, 6.45) is 0. The number of aryl methyl sites for hydroxylation is 1. The van der Waals surface area contributed by atoms with Crippen LogP contribution in [0.3, 0.4) is 0 Å². The van der Waals surface area contributed by atoms with Gasteiger partial charge in [0.2, 0.25) is 5.89 Å². The van der Waals surface area contributed by atoms with Gasteiger partial charge in [-0.1, -0.05) is 30.0 Å². The number of carbonyl (C=O) groups excluding carboxylic acids is 1. The Hall–Kier alpha value is -4.11. The SMILES string of the molecule is Cc1ccc2nc(-c3ccc(-c4nnc(SCC(=O)c5ccc(O)c(O)c5)o4)cc3)[nH]c2c1. The number of carbonyl (C=O) groups is 1. The summed E-state index contributed by atoms with van der Waals surface area (Å²) in [6, 6.07) is 17.6. The zero-order valence-corrected chi connectivity index (χ0v) is 18.3. The molecule has 0 unspecified atom stereocenters. The second kappa shape index (κ2) is 8.44. The Balaban J connectivity index is 1.27. The van der Waals surface area contributed by atoms with Crippen molar-refractivity contribution in [3.8, 4) is 34.3 Å². The molecule has 0 amide bonds. The third-order valence-corrected chi connectivity index (χ3v) is 5.89. The lowest BCUT2D eigenvalue weighted by atomic mass is 10.1.